The molecule has 1 N–H and O–H groups in total. The lowest BCUT2D eigenvalue weighted by Gasteiger charge is -2.19. The molecule has 7 nitrogen and oxygen atoms in total. The monoisotopic (exact) mass is 247 g/mol. The second kappa shape index (κ2) is 4.79. The number of ether oxygens (including phenoxy) is 1. The van der Waals surface area contributed by atoms with Crippen LogP contribution in [0.5, 0.6) is 0 Å². The lowest BCUT2D eigenvalue weighted by atomic mass is 10.3. The lowest BCUT2D eigenvalue weighted by Crippen LogP contribution is -2.33. The molecule has 3 heterocycles. The van der Waals surface area contributed by atoms with Gasteiger partial charge in [0.05, 0.1) is 12.3 Å². The number of nitrogens with zero attached hydrogens (tertiary/aromatic N) is 4. The molecule has 94 valence electrons. The van der Waals surface area contributed by atoms with Crippen LogP contribution in [0, 0.1) is 6.92 Å². The molecular formula is C11H13N5O2. The summed E-state index contributed by atoms with van der Waals surface area (Å²) in [6.45, 7) is 4.05. The first kappa shape index (κ1) is 11.2. The summed E-state index contributed by atoms with van der Waals surface area (Å²) in [4.78, 5) is 4.29. The number of aryl methyl sites for hydroxylation is 1. The van der Waals surface area contributed by atoms with Gasteiger partial charge in [-0.05, 0) is 19.1 Å². The normalized spacial score (nSPS) is 19.9. The summed E-state index contributed by atoms with van der Waals surface area (Å²) in [7, 11) is 0. The van der Waals surface area contributed by atoms with Crippen LogP contribution >= 0.6 is 0 Å². The highest BCUT2D eigenvalue weighted by atomic mass is 16.5. The van der Waals surface area contributed by atoms with E-state index in [4.69, 9.17) is 9.26 Å². The maximum absolute atomic E-state index is 5.54. The molecule has 1 atom stereocenters. The van der Waals surface area contributed by atoms with Crippen LogP contribution in [0.4, 0.5) is 0 Å². The maximum Gasteiger partial charge on any atom is 0.257 e. The first-order valence-corrected chi connectivity index (χ1v) is 5.79. The van der Waals surface area contributed by atoms with Crippen LogP contribution in [0.3, 0.4) is 0 Å². The van der Waals surface area contributed by atoms with E-state index in [0.29, 0.717) is 30.6 Å². The average Bonchev–Trinajstić information content (AvgIpc) is 2.90. The number of hydrogen-bond acceptors (Lipinski definition) is 7. The first-order valence-electron chi connectivity index (χ1n) is 5.79. The van der Waals surface area contributed by atoms with Crippen LogP contribution in [0.25, 0.3) is 11.5 Å². The zero-order valence-corrected chi connectivity index (χ0v) is 9.96. The van der Waals surface area contributed by atoms with Gasteiger partial charge in [-0.25, -0.2) is 0 Å². The molecule has 0 aliphatic carbocycles. The van der Waals surface area contributed by atoms with Gasteiger partial charge < -0.3 is 14.6 Å². The average molecular weight is 247 g/mol. The Hall–Kier alpha value is -1.86. The van der Waals surface area contributed by atoms with Crippen molar-refractivity contribution in [1.29, 1.82) is 0 Å². The minimum Gasteiger partial charge on any atom is -0.366 e. The molecule has 1 fully saturated rings. The molecule has 1 saturated heterocycles. The molecular weight excluding hydrogens is 234 g/mol. The van der Waals surface area contributed by atoms with E-state index in [1.807, 2.05) is 19.1 Å². The van der Waals surface area contributed by atoms with Crippen molar-refractivity contribution in [3.05, 3.63) is 23.7 Å². The van der Waals surface area contributed by atoms with E-state index in [1.54, 1.807) is 0 Å². The highest BCUT2D eigenvalue weighted by molar-refractivity contribution is 5.46. The highest BCUT2D eigenvalue weighted by Crippen LogP contribution is 2.19. The number of rotatable bonds is 2. The topological polar surface area (TPSA) is 86.0 Å². The fraction of sp³-hybridized carbons (Fsp3) is 0.455. The SMILES string of the molecule is Cc1ccc(-c2noc([C@H]3CNCCO3)n2)nn1. The molecule has 0 amide bonds. The van der Waals surface area contributed by atoms with Gasteiger partial charge in [-0.15, -0.1) is 5.10 Å². The summed E-state index contributed by atoms with van der Waals surface area (Å²) in [5.41, 5.74) is 1.45. The summed E-state index contributed by atoms with van der Waals surface area (Å²) in [5.74, 6) is 0.909. The predicted octanol–water partition coefficient (Wildman–Crippen LogP) is 0.496. The van der Waals surface area contributed by atoms with Crippen molar-refractivity contribution in [2.45, 2.75) is 13.0 Å². The molecule has 0 saturated carbocycles. The second-order valence-corrected chi connectivity index (χ2v) is 4.08. The Kier molecular flexibility index (Phi) is 2.99. The standard InChI is InChI=1S/C11H13N5O2/c1-7-2-3-8(15-14-7)10-13-11(18-16-10)9-6-12-4-5-17-9/h2-3,9,12H,4-6H2,1H3/t9-/m1/s1. The molecule has 3 rings (SSSR count). The highest BCUT2D eigenvalue weighted by Gasteiger charge is 2.22. The molecule has 7 heteroatoms. The van der Waals surface area contributed by atoms with Crippen molar-refractivity contribution in [3.63, 3.8) is 0 Å². The minimum atomic E-state index is -0.182. The zero-order chi connectivity index (χ0) is 12.4. The van der Waals surface area contributed by atoms with E-state index in [0.717, 1.165) is 12.2 Å². The van der Waals surface area contributed by atoms with Gasteiger partial charge in [-0.3, -0.25) is 0 Å². The van der Waals surface area contributed by atoms with Crippen LogP contribution in [-0.2, 0) is 4.74 Å². The van der Waals surface area contributed by atoms with Crippen molar-refractivity contribution in [2.24, 2.45) is 0 Å². The Labute approximate surface area is 104 Å². The molecule has 1 aliphatic heterocycles. The van der Waals surface area contributed by atoms with Gasteiger partial charge in [-0.1, -0.05) is 5.16 Å². The number of aromatic nitrogens is 4. The number of hydrogen-bond donors (Lipinski definition) is 1. The van der Waals surface area contributed by atoms with Crippen LogP contribution in [0.15, 0.2) is 16.7 Å². The summed E-state index contributed by atoms with van der Waals surface area (Å²) >= 11 is 0. The molecule has 0 bridgehead atoms. The summed E-state index contributed by atoms with van der Waals surface area (Å²) in [6.07, 6.45) is -0.182. The Morgan fingerprint density at radius 3 is 3.00 bits per heavy atom. The molecule has 0 unspecified atom stereocenters. The smallest absolute Gasteiger partial charge is 0.257 e. The van der Waals surface area contributed by atoms with Gasteiger partial charge in [0.15, 0.2) is 0 Å². The van der Waals surface area contributed by atoms with Crippen LogP contribution < -0.4 is 5.32 Å². The molecule has 0 radical (unpaired) electrons. The molecule has 0 aromatic carbocycles. The number of morpholine rings is 1. The van der Waals surface area contributed by atoms with Crippen molar-refractivity contribution < 1.29 is 9.26 Å². The van der Waals surface area contributed by atoms with E-state index in [9.17, 15) is 0 Å². The van der Waals surface area contributed by atoms with Gasteiger partial charge >= 0.3 is 0 Å². The molecule has 0 spiro atoms. The largest absolute Gasteiger partial charge is 0.366 e. The molecule has 2 aromatic rings. The third kappa shape index (κ3) is 2.22. The summed E-state index contributed by atoms with van der Waals surface area (Å²) in [6, 6.07) is 3.67. The first-order chi connectivity index (χ1) is 8.83. The Morgan fingerprint density at radius 1 is 1.33 bits per heavy atom. The third-order valence-corrected chi connectivity index (χ3v) is 2.67. The van der Waals surface area contributed by atoms with Crippen molar-refractivity contribution in [1.82, 2.24) is 25.7 Å². The van der Waals surface area contributed by atoms with E-state index < -0.39 is 0 Å². The van der Waals surface area contributed by atoms with Gasteiger partial charge in [-0.2, -0.15) is 10.1 Å². The van der Waals surface area contributed by atoms with Crippen molar-refractivity contribution in [2.75, 3.05) is 19.7 Å². The van der Waals surface area contributed by atoms with Gasteiger partial charge in [0, 0.05) is 13.1 Å². The predicted molar refractivity (Wildman–Crippen MR) is 61.6 cm³/mol. The Balaban J connectivity index is 1.82. The fourth-order valence-electron chi connectivity index (χ4n) is 1.71. The van der Waals surface area contributed by atoms with Gasteiger partial charge in [0.1, 0.15) is 11.8 Å². The van der Waals surface area contributed by atoms with E-state index in [-0.39, 0.29) is 6.10 Å². The van der Waals surface area contributed by atoms with Crippen molar-refractivity contribution in [3.8, 4) is 11.5 Å². The van der Waals surface area contributed by atoms with Crippen molar-refractivity contribution >= 4 is 0 Å². The maximum atomic E-state index is 5.54. The Morgan fingerprint density at radius 2 is 2.28 bits per heavy atom. The zero-order valence-electron chi connectivity index (χ0n) is 9.96. The summed E-state index contributed by atoms with van der Waals surface area (Å²) in [5, 5.41) is 15.1. The minimum absolute atomic E-state index is 0.182. The fourth-order valence-corrected chi connectivity index (χ4v) is 1.71. The van der Waals surface area contributed by atoms with E-state index in [2.05, 4.69) is 25.7 Å². The Bertz CT molecular complexity index is 518. The lowest BCUT2D eigenvalue weighted by molar-refractivity contribution is 0.00755. The van der Waals surface area contributed by atoms with Gasteiger partial charge in [0.2, 0.25) is 5.82 Å². The third-order valence-electron chi connectivity index (χ3n) is 2.67. The van der Waals surface area contributed by atoms with Crippen LogP contribution in [-0.4, -0.2) is 40.0 Å². The molecule has 18 heavy (non-hydrogen) atoms. The van der Waals surface area contributed by atoms with E-state index in [1.165, 1.54) is 0 Å². The molecule has 2 aromatic heterocycles. The summed E-state index contributed by atoms with van der Waals surface area (Å²) < 4.78 is 10.7. The number of nitrogens with one attached hydrogen (secondary N) is 1. The second-order valence-electron chi connectivity index (χ2n) is 4.08. The quantitative estimate of drug-likeness (QED) is 0.826. The molecule has 1 aliphatic rings. The van der Waals surface area contributed by atoms with Crippen LogP contribution in [0.2, 0.25) is 0 Å². The van der Waals surface area contributed by atoms with Gasteiger partial charge in [0.25, 0.3) is 5.89 Å². The van der Waals surface area contributed by atoms with Crippen LogP contribution in [0.1, 0.15) is 17.7 Å². The van der Waals surface area contributed by atoms with E-state index >= 15 is 0 Å².